The zero-order valence-corrected chi connectivity index (χ0v) is 22.5. The lowest BCUT2D eigenvalue weighted by Gasteiger charge is -2.22. The van der Waals surface area contributed by atoms with Gasteiger partial charge in [-0.05, 0) is 31.2 Å². The monoisotopic (exact) mass is 545 g/mol. The van der Waals surface area contributed by atoms with Crippen LogP contribution in [0, 0.1) is 12.7 Å². The van der Waals surface area contributed by atoms with Gasteiger partial charge in [0.25, 0.3) is 0 Å². The molecule has 0 saturated carbocycles. The Morgan fingerprint density at radius 3 is 2.83 bits per heavy atom. The van der Waals surface area contributed by atoms with E-state index in [1.54, 1.807) is 24.2 Å². The van der Waals surface area contributed by atoms with Crippen LogP contribution in [0.3, 0.4) is 0 Å². The van der Waals surface area contributed by atoms with Crippen LogP contribution in [0.25, 0.3) is 16.9 Å². The fourth-order valence-corrected chi connectivity index (χ4v) is 5.47. The summed E-state index contributed by atoms with van der Waals surface area (Å²) in [4.78, 5) is 20.3. The van der Waals surface area contributed by atoms with E-state index in [0.717, 1.165) is 40.3 Å². The fourth-order valence-electron chi connectivity index (χ4n) is 5.47. The van der Waals surface area contributed by atoms with Crippen LogP contribution in [0.4, 0.5) is 15.0 Å². The highest BCUT2D eigenvalue weighted by atomic mass is 19.1. The van der Waals surface area contributed by atoms with Crippen LogP contribution in [-0.2, 0) is 22.7 Å². The number of benzene rings is 1. The Morgan fingerprint density at radius 2 is 2.05 bits per heavy atom. The van der Waals surface area contributed by atoms with Gasteiger partial charge in [0, 0.05) is 62.0 Å². The number of carbonyl (C=O) groups is 1. The zero-order chi connectivity index (χ0) is 27.6. The molecular formula is C29H32FN7O3. The predicted octanol–water partition coefficient (Wildman–Crippen LogP) is 3.91. The third kappa shape index (κ3) is 5.23. The summed E-state index contributed by atoms with van der Waals surface area (Å²) in [6.07, 6.45) is 4.98. The molecule has 2 unspecified atom stereocenters. The maximum atomic E-state index is 13.8. The Bertz CT molecular complexity index is 1500. The Hall–Kier alpha value is -4.06. The average molecular weight is 546 g/mol. The molecule has 0 spiro atoms. The normalized spacial score (nSPS) is 18.7. The Labute approximate surface area is 231 Å². The summed E-state index contributed by atoms with van der Waals surface area (Å²) < 4.78 is 28.2. The molecule has 4 aromatic rings. The van der Waals surface area contributed by atoms with Gasteiger partial charge in [-0.2, -0.15) is 5.10 Å². The number of aromatic nitrogens is 4. The Balaban J connectivity index is 1.28. The van der Waals surface area contributed by atoms with Gasteiger partial charge in [0.2, 0.25) is 0 Å². The Kier molecular flexibility index (Phi) is 7.33. The van der Waals surface area contributed by atoms with E-state index in [2.05, 4.69) is 26.6 Å². The van der Waals surface area contributed by atoms with Crippen LogP contribution in [0.15, 0.2) is 61.1 Å². The van der Waals surface area contributed by atoms with E-state index < -0.39 is 0 Å². The van der Waals surface area contributed by atoms with E-state index in [0.29, 0.717) is 38.7 Å². The van der Waals surface area contributed by atoms with Crippen molar-refractivity contribution in [1.29, 1.82) is 0 Å². The second-order valence-electron chi connectivity index (χ2n) is 10.2. The summed E-state index contributed by atoms with van der Waals surface area (Å²) >= 11 is 0. The number of nitrogens with zero attached hydrogens (tertiary/aromatic N) is 5. The highest BCUT2D eigenvalue weighted by Gasteiger charge is 2.35. The van der Waals surface area contributed by atoms with Crippen molar-refractivity contribution >= 4 is 11.8 Å². The molecule has 2 amide bonds. The van der Waals surface area contributed by atoms with Crippen molar-refractivity contribution in [1.82, 2.24) is 29.5 Å². The van der Waals surface area contributed by atoms with Crippen LogP contribution >= 0.6 is 0 Å². The number of pyridine rings is 1. The number of hydrogen-bond donors (Lipinski definition) is 2. The number of rotatable bonds is 8. The van der Waals surface area contributed by atoms with Crippen molar-refractivity contribution in [2.75, 3.05) is 38.7 Å². The summed E-state index contributed by atoms with van der Waals surface area (Å²) in [5.41, 5.74) is 5.21. The molecule has 6 rings (SSSR count). The van der Waals surface area contributed by atoms with Crippen LogP contribution in [0.5, 0.6) is 0 Å². The largest absolute Gasteiger partial charge is 0.383 e. The van der Waals surface area contributed by atoms with E-state index >= 15 is 0 Å². The number of ether oxygens (including phenoxy) is 2. The van der Waals surface area contributed by atoms with E-state index in [9.17, 15) is 9.18 Å². The van der Waals surface area contributed by atoms with Crippen molar-refractivity contribution in [3.8, 4) is 16.9 Å². The summed E-state index contributed by atoms with van der Waals surface area (Å²) in [6.45, 7) is 5.56. The van der Waals surface area contributed by atoms with Gasteiger partial charge in [-0.3, -0.25) is 15.2 Å². The van der Waals surface area contributed by atoms with Crippen molar-refractivity contribution in [2.45, 2.75) is 32.2 Å². The molecule has 10 nitrogen and oxygen atoms in total. The van der Waals surface area contributed by atoms with Gasteiger partial charge in [-0.1, -0.05) is 18.2 Å². The molecular weight excluding hydrogens is 513 g/mol. The van der Waals surface area contributed by atoms with Crippen molar-refractivity contribution in [3.63, 3.8) is 0 Å². The first-order valence-corrected chi connectivity index (χ1v) is 13.3. The summed E-state index contributed by atoms with van der Waals surface area (Å²) in [6, 6.07) is 12.4. The molecule has 1 saturated heterocycles. The first-order chi connectivity index (χ1) is 19.5. The minimum atomic E-state index is -0.358. The Morgan fingerprint density at radius 1 is 1.20 bits per heavy atom. The number of likely N-dealkylation sites (tertiary alicyclic amines) is 1. The number of fused-ring (bicyclic) bond motifs is 1. The summed E-state index contributed by atoms with van der Waals surface area (Å²) in [7, 11) is 1.66. The average Bonchev–Trinajstić information content (AvgIpc) is 3.75. The van der Waals surface area contributed by atoms with E-state index in [1.807, 2.05) is 41.8 Å². The van der Waals surface area contributed by atoms with Gasteiger partial charge in [0.1, 0.15) is 11.6 Å². The summed E-state index contributed by atoms with van der Waals surface area (Å²) in [5.74, 6) is 0.259. The standard InChI is InChI=1S/C29H32FN7O3/c1-19-27(20-12-21-17-40-18-25(21)31-13-20)34-37(23-6-4-3-5-7-23)28(19)33-29(38)32-24-15-35(10-11-39-2)16-26(24)36-9-8-22(30)14-36/h3-9,12-14,24,26H,10-11,15-18H2,1-2H3,(H2,32,33,38). The number of nitrogens with one attached hydrogen (secondary N) is 2. The minimum Gasteiger partial charge on any atom is -0.383 e. The lowest BCUT2D eigenvalue weighted by Crippen LogP contribution is -2.43. The molecule has 3 aromatic heterocycles. The molecule has 2 aliphatic rings. The van der Waals surface area contributed by atoms with Gasteiger partial charge < -0.3 is 19.4 Å². The molecule has 208 valence electrons. The third-order valence-electron chi connectivity index (χ3n) is 7.54. The van der Waals surface area contributed by atoms with Gasteiger partial charge in [-0.15, -0.1) is 0 Å². The van der Waals surface area contributed by atoms with Crippen LogP contribution in [0.1, 0.15) is 22.9 Å². The predicted molar refractivity (Wildman–Crippen MR) is 148 cm³/mol. The first-order valence-electron chi connectivity index (χ1n) is 13.3. The first kappa shape index (κ1) is 26.2. The number of hydrogen-bond acceptors (Lipinski definition) is 6. The highest BCUT2D eigenvalue weighted by Crippen LogP contribution is 2.32. The molecule has 2 N–H and O–H groups in total. The number of halogens is 1. The molecule has 40 heavy (non-hydrogen) atoms. The van der Waals surface area contributed by atoms with E-state index in [1.165, 1.54) is 12.3 Å². The molecule has 11 heteroatoms. The topological polar surface area (TPSA) is 98.5 Å². The second kappa shape index (κ2) is 11.2. The lowest BCUT2D eigenvalue weighted by molar-refractivity contribution is 0.133. The fraction of sp³-hybridized carbons (Fsp3) is 0.345. The molecule has 5 heterocycles. The molecule has 0 radical (unpaired) electrons. The molecule has 1 fully saturated rings. The number of anilines is 1. The minimum absolute atomic E-state index is 0.123. The third-order valence-corrected chi connectivity index (χ3v) is 7.54. The quantitative estimate of drug-likeness (QED) is 0.349. The number of methoxy groups -OCH3 is 1. The lowest BCUT2D eigenvalue weighted by atomic mass is 10.1. The van der Waals surface area contributed by atoms with Gasteiger partial charge in [0.15, 0.2) is 0 Å². The smallest absolute Gasteiger partial charge is 0.320 e. The molecule has 0 aliphatic carbocycles. The molecule has 1 aromatic carbocycles. The maximum Gasteiger partial charge on any atom is 0.320 e. The summed E-state index contributed by atoms with van der Waals surface area (Å²) in [5, 5.41) is 11.1. The van der Waals surface area contributed by atoms with Crippen molar-refractivity contribution < 1.29 is 18.7 Å². The number of carbonyl (C=O) groups excluding carboxylic acids is 1. The van der Waals surface area contributed by atoms with Gasteiger partial charge >= 0.3 is 6.03 Å². The second-order valence-corrected chi connectivity index (χ2v) is 10.2. The maximum absolute atomic E-state index is 13.8. The van der Waals surface area contributed by atoms with Crippen molar-refractivity contribution in [3.05, 3.63) is 83.7 Å². The van der Waals surface area contributed by atoms with Gasteiger partial charge in [0.05, 0.1) is 49.0 Å². The molecule has 0 bridgehead atoms. The molecule has 2 aliphatic heterocycles. The van der Waals surface area contributed by atoms with Crippen LogP contribution in [-0.4, -0.2) is 69.7 Å². The number of urea groups is 1. The van der Waals surface area contributed by atoms with Crippen molar-refractivity contribution in [2.24, 2.45) is 0 Å². The van der Waals surface area contributed by atoms with E-state index in [4.69, 9.17) is 14.6 Å². The van der Waals surface area contributed by atoms with Gasteiger partial charge in [-0.25, -0.2) is 13.9 Å². The zero-order valence-electron chi connectivity index (χ0n) is 22.5. The molecule has 2 atom stereocenters. The SMILES string of the molecule is COCCN1CC(NC(=O)Nc2c(C)c(-c3cnc4c(c3)COC4)nn2-c2ccccc2)C(n2ccc(F)c2)C1. The highest BCUT2D eigenvalue weighted by molar-refractivity contribution is 5.91. The van der Waals surface area contributed by atoms with Crippen LogP contribution in [0.2, 0.25) is 0 Å². The number of amides is 2. The van der Waals surface area contributed by atoms with E-state index in [-0.39, 0.29) is 23.9 Å². The van der Waals surface area contributed by atoms with Crippen LogP contribution < -0.4 is 10.6 Å². The number of para-hydroxylation sites is 1.